The highest BCUT2D eigenvalue weighted by Crippen LogP contribution is 2.18. The lowest BCUT2D eigenvalue weighted by Crippen LogP contribution is -2.05. The van der Waals surface area contributed by atoms with Crippen LogP contribution in [0.15, 0.2) is 46.9 Å². The molecule has 0 saturated carbocycles. The zero-order valence-corrected chi connectivity index (χ0v) is 12.1. The third kappa shape index (κ3) is 3.08. The normalized spacial score (nSPS) is 10.4. The molecule has 0 aliphatic heterocycles. The Morgan fingerprint density at radius 3 is 2.50 bits per heavy atom. The summed E-state index contributed by atoms with van der Waals surface area (Å²) in [5.74, 6) is 0.161. The molecule has 0 saturated heterocycles. The highest BCUT2D eigenvalue weighted by Gasteiger charge is 2.09. The molecule has 0 N–H and O–H groups in total. The highest BCUT2D eigenvalue weighted by atomic mass is 79.9. The van der Waals surface area contributed by atoms with Gasteiger partial charge in [-0.3, -0.25) is 4.79 Å². The van der Waals surface area contributed by atoms with E-state index >= 15 is 0 Å². The first-order chi connectivity index (χ1) is 8.56. The van der Waals surface area contributed by atoms with Gasteiger partial charge in [0.15, 0.2) is 5.78 Å². The van der Waals surface area contributed by atoms with Crippen molar-refractivity contribution in [2.45, 2.75) is 20.3 Å². The molecule has 0 heterocycles. The van der Waals surface area contributed by atoms with E-state index in [1.807, 2.05) is 56.3 Å². The maximum atomic E-state index is 12.2. The molecule has 0 spiro atoms. The summed E-state index contributed by atoms with van der Waals surface area (Å²) >= 11 is 3.43. The minimum atomic E-state index is 0.161. The van der Waals surface area contributed by atoms with E-state index < -0.39 is 0 Å². The Bertz CT molecular complexity index is 567. The SMILES string of the molecule is Cc1cc(Br)cc(C(=O)Cc2ccccc2C)c1. The van der Waals surface area contributed by atoms with Crippen molar-refractivity contribution in [3.63, 3.8) is 0 Å². The molecule has 0 bridgehead atoms. The summed E-state index contributed by atoms with van der Waals surface area (Å²) in [7, 11) is 0. The highest BCUT2D eigenvalue weighted by molar-refractivity contribution is 9.10. The van der Waals surface area contributed by atoms with E-state index in [1.165, 1.54) is 0 Å². The van der Waals surface area contributed by atoms with Crippen LogP contribution < -0.4 is 0 Å². The maximum Gasteiger partial charge on any atom is 0.167 e. The van der Waals surface area contributed by atoms with E-state index in [-0.39, 0.29) is 5.78 Å². The van der Waals surface area contributed by atoms with Gasteiger partial charge in [-0.15, -0.1) is 0 Å². The Hall–Kier alpha value is -1.41. The number of rotatable bonds is 3. The van der Waals surface area contributed by atoms with Gasteiger partial charge in [0.05, 0.1) is 0 Å². The second-order valence-corrected chi connectivity index (χ2v) is 5.46. The first kappa shape index (κ1) is 13.0. The predicted octanol–water partition coefficient (Wildman–Crippen LogP) is 4.49. The van der Waals surface area contributed by atoms with Crippen molar-refractivity contribution in [2.24, 2.45) is 0 Å². The Morgan fingerprint density at radius 1 is 1.11 bits per heavy atom. The van der Waals surface area contributed by atoms with E-state index in [0.717, 1.165) is 26.7 Å². The van der Waals surface area contributed by atoms with Crippen LogP contribution in [-0.4, -0.2) is 5.78 Å². The number of ketones is 1. The van der Waals surface area contributed by atoms with Gasteiger partial charge in [0, 0.05) is 16.5 Å². The third-order valence-corrected chi connectivity index (χ3v) is 3.43. The van der Waals surface area contributed by atoms with Crippen LogP contribution >= 0.6 is 15.9 Å². The molecule has 1 nitrogen and oxygen atoms in total. The minimum Gasteiger partial charge on any atom is -0.294 e. The second-order valence-electron chi connectivity index (χ2n) is 4.54. The van der Waals surface area contributed by atoms with Crippen LogP contribution in [0.25, 0.3) is 0 Å². The molecule has 0 aliphatic carbocycles. The Morgan fingerprint density at radius 2 is 1.83 bits per heavy atom. The average molecular weight is 303 g/mol. The van der Waals surface area contributed by atoms with Gasteiger partial charge in [0.25, 0.3) is 0 Å². The maximum absolute atomic E-state index is 12.2. The summed E-state index contributed by atoms with van der Waals surface area (Å²) in [6.07, 6.45) is 0.461. The molecule has 0 fully saturated rings. The largest absolute Gasteiger partial charge is 0.294 e. The molecule has 0 amide bonds. The van der Waals surface area contributed by atoms with Crippen molar-refractivity contribution in [3.05, 3.63) is 69.2 Å². The fourth-order valence-corrected chi connectivity index (χ4v) is 2.59. The molecule has 2 aromatic carbocycles. The van der Waals surface area contributed by atoms with Crippen LogP contribution in [0.4, 0.5) is 0 Å². The first-order valence-electron chi connectivity index (χ1n) is 5.91. The van der Waals surface area contributed by atoms with E-state index in [9.17, 15) is 4.79 Å². The van der Waals surface area contributed by atoms with E-state index in [2.05, 4.69) is 15.9 Å². The number of carbonyl (C=O) groups is 1. The summed E-state index contributed by atoms with van der Waals surface area (Å²) in [5, 5.41) is 0. The lowest BCUT2D eigenvalue weighted by molar-refractivity contribution is 0.0992. The topological polar surface area (TPSA) is 17.1 Å². The summed E-state index contributed by atoms with van der Waals surface area (Å²) in [4.78, 5) is 12.2. The van der Waals surface area contributed by atoms with Crippen LogP contribution in [0.3, 0.4) is 0 Å². The number of halogens is 1. The van der Waals surface area contributed by atoms with Crippen molar-refractivity contribution in [2.75, 3.05) is 0 Å². The van der Waals surface area contributed by atoms with Crippen LogP contribution in [0.1, 0.15) is 27.0 Å². The monoisotopic (exact) mass is 302 g/mol. The van der Waals surface area contributed by atoms with E-state index in [0.29, 0.717) is 6.42 Å². The Balaban J connectivity index is 2.25. The second kappa shape index (κ2) is 5.49. The Labute approximate surface area is 116 Å². The molecular formula is C16H15BrO. The average Bonchev–Trinajstić information content (AvgIpc) is 2.31. The van der Waals surface area contributed by atoms with Gasteiger partial charge in [-0.05, 0) is 48.7 Å². The number of benzene rings is 2. The molecular weight excluding hydrogens is 288 g/mol. The van der Waals surface area contributed by atoms with Crippen LogP contribution in [0.2, 0.25) is 0 Å². The van der Waals surface area contributed by atoms with Crippen molar-refractivity contribution in [3.8, 4) is 0 Å². The standard InChI is InChI=1S/C16H15BrO/c1-11-7-14(9-15(17)8-11)16(18)10-13-6-4-3-5-12(13)2/h3-9H,10H2,1-2H3. The van der Waals surface area contributed by atoms with Gasteiger partial charge in [0.1, 0.15) is 0 Å². The molecule has 2 rings (SSSR count). The first-order valence-corrected chi connectivity index (χ1v) is 6.70. The molecule has 0 atom stereocenters. The number of Topliss-reactive ketones (excluding diaryl/α,β-unsaturated/α-hetero) is 1. The van der Waals surface area contributed by atoms with Gasteiger partial charge in [0.2, 0.25) is 0 Å². The van der Waals surface area contributed by atoms with Crippen LogP contribution in [0, 0.1) is 13.8 Å². The van der Waals surface area contributed by atoms with Crippen LogP contribution in [-0.2, 0) is 6.42 Å². The molecule has 0 aliphatic rings. The zero-order chi connectivity index (χ0) is 13.1. The fourth-order valence-electron chi connectivity index (χ4n) is 1.98. The van der Waals surface area contributed by atoms with Gasteiger partial charge in [-0.1, -0.05) is 40.2 Å². The van der Waals surface area contributed by atoms with Crippen molar-refractivity contribution < 1.29 is 4.79 Å². The van der Waals surface area contributed by atoms with Gasteiger partial charge in [-0.2, -0.15) is 0 Å². The fraction of sp³-hybridized carbons (Fsp3) is 0.188. The number of carbonyl (C=O) groups excluding carboxylic acids is 1. The van der Waals surface area contributed by atoms with Gasteiger partial charge in [-0.25, -0.2) is 0 Å². The van der Waals surface area contributed by atoms with E-state index in [4.69, 9.17) is 0 Å². The molecule has 0 aromatic heterocycles. The molecule has 2 heteroatoms. The molecule has 18 heavy (non-hydrogen) atoms. The lowest BCUT2D eigenvalue weighted by atomic mass is 9.99. The van der Waals surface area contributed by atoms with Crippen molar-refractivity contribution in [1.29, 1.82) is 0 Å². The minimum absolute atomic E-state index is 0.161. The molecule has 92 valence electrons. The zero-order valence-electron chi connectivity index (χ0n) is 10.5. The summed E-state index contributed by atoms with van der Waals surface area (Å²) in [5.41, 5.74) is 4.13. The molecule has 2 aromatic rings. The van der Waals surface area contributed by atoms with Crippen molar-refractivity contribution >= 4 is 21.7 Å². The third-order valence-electron chi connectivity index (χ3n) is 2.98. The van der Waals surface area contributed by atoms with E-state index in [1.54, 1.807) is 0 Å². The lowest BCUT2D eigenvalue weighted by Gasteiger charge is -2.06. The summed E-state index contributed by atoms with van der Waals surface area (Å²) < 4.78 is 0.954. The van der Waals surface area contributed by atoms with Crippen LogP contribution in [0.5, 0.6) is 0 Å². The number of aryl methyl sites for hydroxylation is 2. The molecule has 0 unspecified atom stereocenters. The van der Waals surface area contributed by atoms with Gasteiger partial charge < -0.3 is 0 Å². The quantitative estimate of drug-likeness (QED) is 0.763. The number of hydrogen-bond acceptors (Lipinski definition) is 1. The molecule has 0 radical (unpaired) electrons. The predicted molar refractivity (Wildman–Crippen MR) is 78.1 cm³/mol. The smallest absolute Gasteiger partial charge is 0.167 e. The van der Waals surface area contributed by atoms with Crippen molar-refractivity contribution in [1.82, 2.24) is 0 Å². The summed E-state index contributed by atoms with van der Waals surface area (Å²) in [6, 6.07) is 13.8. The Kier molecular flexibility index (Phi) is 3.97. The number of hydrogen-bond donors (Lipinski definition) is 0. The van der Waals surface area contributed by atoms with Gasteiger partial charge >= 0.3 is 0 Å². The summed E-state index contributed by atoms with van der Waals surface area (Å²) in [6.45, 7) is 4.03.